The molecular formula is C28H49NO5. The van der Waals surface area contributed by atoms with Gasteiger partial charge in [-0.1, -0.05) is 20.8 Å². The van der Waals surface area contributed by atoms with Gasteiger partial charge < -0.3 is 20.1 Å². The van der Waals surface area contributed by atoms with Gasteiger partial charge >= 0.3 is 5.97 Å². The van der Waals surface area contributed by atoms with Crippen molar-refractivity contribution in [3.63, 3.8) is 0 Å². The molecule has 0 heterocycles. The lowest BCUT2D eigenvalue weighted by Crippen LogP contribution is -2.62. The molecule has 0 saturated heterocycles. The average molecular weight is 480 g/mol. The second-order valence-electron chi connectivity index (χ2n) is 13.0. The van der Waals surface area contributed by atoms with Crippen molar-refractivity contribution >= 4 is 5.97 Å². The summed E-state index contributed by atoms with van der Waals surface area (Å²) in [6.45, 7) is 8.24. The van der Waals surface area contributed by atoms with E-state index in [-0.39, 0.29) is 41.0 Å². The zero-order valence-corrected chi connectivity index (χ0v) is 22.1. The summed E-state index contributed by atoms with van der Waals surface area (Å²) in [5.41, 5.74) is -0.0176. The minimum atomic E-state index is -0.328. The van der Waals surface area contributed by atoms with E-state index in [2.05, 4.69) is 20.8 Å². The molecule has 0 aromatic carbocycles. The number of methoxy groups -OCH3 is 1. The normalized spacial score (nSPS) is 47.0. The van der Waals surface area contributed by atoms with Gasteiger partial charge in [-0.15, -0.1) is 0 Å². The number of esters is 1. The second-order valence-corrected chi connectivity index (χ2v) is 13.0. The first-order valence-electron chi connectivity index (χ1n) is 13.8. The standard InChI is InChI=1S/C28H49NO5/c1-17(7-6-12-29(4)16-25(33)34-5)20-8-9-21-26-22(15-24(32)28(20,21)3)27(2)11-10-19(30)13-18(27)14-23(26)31/h17-24,26,30-32H,6-16H2,1-5H3/t17-,18+,19-,20-,21+,22+,23-,24+,26+,27+,28-/m1/s1. The molecule has 6 nitrogen and oxygen atoms in total. The summed E-state index contributed by atoms with van der Waals surface area (Å²) in [7, 11) is 3.39. The molecule has 4 rings (SSSR count). The van der Waals surface area contributed by atoms with Gasteiger partial charge in [-0.25, -0.2) is 0 Å². The largest absolute Gasteiger partial charge is 0.468 e. The highest BCUT2D eigenvalue weighted by atomic mass is 16.5. The minimum Gasteiger partial charge on any atom is -0.468 e. The molecular weight excluding hydrogens is 430 g/mol. The molecule has 196 valence electrons. The number of rotatable bonds is 7. The number of fused-ring (bicyclic) bond motifs is 5. The predicted molar refractivity (Wildman–Crippen MR) is 132 cm³/mol. The highest BCUT2D eigenvalue weighted by molar-refractivity contribution is 5.71. The number of hydrogen-bond donors (Lipinski definition) is 3. The van der Waals surface area contributed by atoms with Crippen molar-refractivity contribution in [2.75, 3.05) is 27.2 Å². The maximum atomic E-state index is 11.7. The molecule has 6 heteroatoms. The Kier molecular flexibility index (Phi) is 7.75. The number of carbonyl (C=O) groups is 1. The molecule has 0 aliphatic heterocycles. The number of nitrogens with zero attached hydrogens (tertiary/aromatic N) is 1. The summed E-state index contributed by atoms with van der Waals surface area (Å²) in [4.78, 5) is 13.5. The van der Waals surface area contributed by atoms with Crippen LogP contribution in [0.2, 0.25) is 0 Å². The molecule has 11 atom stereocenters. The zero-order valence-electron chi connectivity index (χ0n) is 22.1. The molecule has 3 N–H and O–H groups in total. The Labute approximate surface area is 206 Å². The molecule has 4 fully saturated rings. The van der Waals surface area contributed by atoms with E-state index in [4.69, 9.17) is 4.74 Å². The van der Waals surface area contributed by atoms with Gasteiger partial charge in [-0.2, -0.15) is 0 Å². The van der Waals surface area contributed by atoms with E-state index >= 15 is 0 Å². The molecule has 0 aromatic rings. The Bertz CT molecular complexity index is 732. The fourth-order valence-electron chi connectivity index (χ4n) is 9.38. The quantitative estimate of drug-likeness (QED) is 0.485. The van der Waals surface area contributed by atoms with Crippen LogP contribution in [0.15, 0.2) is 0 Å². The van der Waals surface area contributed by atoms with E-state index < -0.39 is 0 Å². The molecule has 0 unspecified atom stereocenters. The van der Waals surface area contributed by atoms with E-state index in [1.807, 2.05) is 11.9 Å². The van der Waals surface area contributed by atoms with Crippen LogP contribution in [0.25, 0.3) is 0 Å². The average Bonchev–Trinajstić information content (AvgIpc) is 3.14. The van der Waals surface area contributed by atoms with Crippen LogP contribution in [0.1, 0.15) is 78.6 Å². The van der Waals surface area contributed by atoms with E-state index in [0.717, 1.165) is 64.3 Å². The Hall–Kier alpha value is -0.690. The highest BCUT2D eigenvalue weighted by Gasteiger charge is 2.65. The van der Waals surface area contributed by atoms with Crippen molar-refractivity contribution < 1.29 is 24.9 Å². The van der Waals surface area contributed by atoms with Crippen molar-refractivity contribution in [2.45, 2.75) is 96.9 Å². The topological polar surface area (TPSA) is 90.2 Å². The third kappa shape index (κ3) is 4.46. The van der Waals surface area contributed by atoms with E-state index in [0.29, 0.717) is 36.1 Å². The molecule has 0 bridgehead atoms. The monoisotopic (exact) mass is 479 g/mol. The van der Waals surface area contributed by atoms with Crippen molar-refractivity contribution in [1.29, 1.82) is 0 Å². The second kappa shape index (κ2) is 9.99. The maximum absolute atomic E-state index is 11.7. The molecule has 0 amide bonds. The Morgan fingerprint density at radius 3 is 2.53 bits per heavy atom. The number of carbonyl (C=O) groups excluding carboxylic acids is 1. The smallest absolute Gasteiger partial charge is 0.319 e. The summed E-state index contributed by atoms with van der Waals surface area (Å²) in [6.07, 6.45) is 7.75. The fourth-order valence-corrected chi connectivity index (χ4v) is 9.38. The van der Waals surface area contributed by atoms with Crippen LogP contribution in [0.4, 0.5) is 0 Å². The SMILES string of the molecule is COC(=O)CN(C)CCC[C@@H](C)[C@H]1CC[C@H]2[C@@H]3[C@H](O)C[C@@H]4C[C@H](O)CC[C@]4(C)[C@H]3C[C@H](O)[C@]12C. The predicted octanol–water partition coefficient (Wildman–Crippen LogP) is 3.47. The third-order valence-corrected chi connectivity index (χ3v) is 11.3. The van der Waals surface area contributed by atoms with Gasteiger partial charge in [0.1, 0.15) is 0 Å². The zero-order chi connectivity index (χ0) is 24.8. The highest BCUT2D eigenvalue weighted by Crippen LogP contribution is 2.68. The van der Waals surface area contributed by atoms with E-state index in [1.54, 1.807) is 0 Å². The summed E-state index contributed by atoms with van der Waals surface area (Å²) in [5, 5.41) is 33.4. The summed E-state index contributed by atoms with van der Waals surface area (Å²) in [6, 6.07) is 0. The van der Waals surface area contributed by atoms with Gasteiger partial charge in [-0.3, -0.25) is 9.69 Å². The lowest BCUT2D eigenvalue weighted by atomic mass is 9.43. The molecule has 4 aliphatic rings. The first kappa shape index (κ1) is 26.4. The van der Waals surface area contributed by atoms with Gasteiger partial charge in [0.05, 0.1) is 32.0 Å². The van der Waals surface area contributed by atoms with Crippen molar-refractivity contribution in [2.24, 2.45) is 46.3 Å². The number of likely N-dealkylation sites (N-methyl/N-ethyl adjacent to an activating group) is 1. The Balaban J connectivity index is 1.44. The van der Waals surface area contributed by atoms with Crippen LogP contribution in [0.3, 0.4) is 0 Å². The van der Waals surface area contributed by atoms with Crippen molar-refractivity contribution in [1.82, 2.24) is 4.90 Å². The lowest BCUT2D eigenvalue weighted by Gasteiger charge is -2.63. The van der Waals surface area contributed by atoms with Crippen LogP contribution in [0.5, 0.6) is 0 Å². The van der Waals surface area contributed by atoms with Crippen LogP contribution < -0.4 is 0 Å². The number of aliphatic hydroxyl groups is 3. The van der Waals surface area contributed by atoms with Crippen LogP contribution >= 0.6 is 0 Å². The molecule has 4 aliphatic carbocycles. The van der Waals surface area contributed by atoms with E-state index in [1.165, 1.54) is 7.11 Å². The molecule has 0 spiro atoms. The summed E-state index contributed by atoms with van der Waals surface area (Å²) >= 11 is 0. The van der Waals surface area contributed by atoms with Crippen LogP contribution in [0, 0.1) is 46.3 Å². The fraction of sp³-hybridized carbons (Fsp3) is 0.964. The maximum Gasteiger partial charge on any atom is 0.319 e. The van der Waals surface area contributed by atoms with Gasteiger partial charge in [0.25, 0.3) is 0 Å². The Morgan fingerprint density at radius 2 is 1.82 bits per heavy atom. The summed E-state index contributed by atoms with van der Waals surface area (Å²) in [5.74, 6) is 2.12. The van der Waals surface area contributed by atoms with Gasteiger partial charge in [0.15, 0.2) is 0 Å². The minimum absolute atomic E-state index is 0.124. The van der Waals surface area contributed by atoms with Crippen LogP contribution in [-0.2, 0) is 9.53 Å². The molecule has 34 heavy (non-hydrogen) atoms. The van der Waals surface area contributed by atoms with Crippen molar-refractivity contribution in [3.05, 3.63) is 0 Å². The van der Waals surface area contributed by atoms with E-state index in [9.17, 15) is 20.1 Å². The summed E-state index contributed by atoms with van der Waals surface area (Å²) < 4.78 is 4.77. The number of ether oxygens (including phenoxy) is 1. The number of hydrogen-bond acceptors (Lipinski definition) is 6. The van der Waals surface area contributed by atoms with Gasteiger partial charge in [0, 0.05) is 0 Å². The van der Waals surface area contributed by atoms with Crippen molar-refractivity contribution in [3.8, 4) is 0 Å². The first-order chi connectivity index (χ1) is 16.0. The Morgan fingerprint density at radius 1 is 1.09 bits per heavy atom. The lowest BCUT2D eigenvalue weighted by molar-refractivity contribution is -0.207. The molecule has 0 aromatic heterocycles. The molecule has 4 saturated carbocycles. The van der Waals surface area contributed by atoms with Crippen LogP contribution in [-0.4, -0.2) is 71.7 Å². The number of aliphatic hydroxyl groups excluding tert-OH is 3. The van der Waals surface area contributed by atoms with Gasteiger partial charge in [-0.05, 0) is 118 Å². The van der Waals surface area contributed by atoms with Gasteiger partial charge in [0.2, 0.25) is 0 Å². The first-order valence-corrected chi connectivity index (χ1v) is 13.8. The third-order valence-electron chi connectivity index (χ3n) is 11.3. The molecule has 0 radical (unpaired) electrons.